The Morgan fingerprint density at radius 3 is 3.12 bits per heavy atom. The fourth-order valence-corrected chi connectivity index (χ4v) is 2.21. The predicted octanol–water partition coefficient (Wildman–Crippen LogP) is 3.21. The second-order valence-electron chi connectivity index (χ2n) is 4.54. The summed E-state index contributed by atoms with van der Waals surface area (Å²) in [5, 5.41) is 3.61. The predicted molar refractivity (Wildman–Crippen MR) is 66.9 cm³/mol. The maximum atomic E-state index is 5.80. The second kappa shape index (κ2) is 5.35. The number of nitrogens with one attached hydrogen (secondary N) is 1. The molecule has 0 fully saturated rings. The first-order valence-corrected chi connectivity index (χ1v) is 6.28. The summed E-state index contributed by atoms with van der Waals surface area (Å²) >= 11 is 0. The van der Waals surface area contributed by atoms with Gasteiger partial charge in [-0.1, -0.05) is 19.1 Å². The number of ether oxygens (including phenoxy) is 1. The normalized spacial score (nSPS) is 19.8. The molecule has 0 bridgehead atoms. The highest BCUT2D eigenvalue weighted by Crippen LogP contribution is 2.32. The molecule has 1 aliphatic rings. The van der Waals surface area contributed by atoms with E-state index in [4.69, 9.17) is 4.74 Å². The van der Waals surface area contributed by atoms with E-state index >= 15 is 0 Å². The quantitative estimate of drug-likeness (QED) is 0.843. The van der Waals surface area contributed by atoms with Crippen molar-refractivity contribution in [3.05, 3.63) is 29.3 Å². The molecule has 1 N–H and O–H groups in total. The molecular weight excluding hydrogens is 198 g/mol. The molecule has 16 heavy (non-hydrogen) atoms. The Balaban J connectivity index is 2.22. The average molecular weight is 219 g/mol. The van der Waals surface area contributed by atoms with Crippen LogP contribution in [0.5, 0.6) is 5.75 Å². The van der Waals surface area contributed by atoms with E-state index in [-0.39, 0.29) is 0 Å². The molecule has 0 saturated heterocycles. The Morgan fingerprint density at radius 1 is 1.44 bits per heavy atom. The van der Waals surface area contributed by atoms with Crippen molar-refractivity contribution in [1.29, 1.82) is 0 Å². The second-order valence-corrected chi connectivity index (χ2v) is 4.54. The van der Waals surface area contributed by atoms with E-state index in [1.54, 1.807) is 0 Å². The van der Waals surface area contributed by atoms with Crippen LogP contribution in [0.1, 0.15) is 43.4 Å². The van der Waals surface area contributed by atoms with Crippen molar-refractivity contribution in [3.63, 3.8) is 0 Å². The largest absolute Gasteiger partial charge is 0.493 e. The van der Waals surface area contributed by atoms with E-state index < -0.39 is 0 Å². The zero-order chi connectivity index (χ0) is 11.4. The van der Waals surface area contributed by atoms with Crippen LogP contribution in [0, 0.1) is 6.92 Å². The van der Waals surface area contributed by atoms with E-state index in [9.17, 15) is 0 Å². The molecule has 88 valence electrons. The van der Waals surface area contributed by atoms with E-state index in [2.05, 4.69) is 37.4 Å². The highest BCUT2D eigenvalue weighted by molar-refractivity contribution is 5.39. The maximum absolute atomic E-state index is 5.80. The minimum Gasteiger partial charge on any atom is -0.493 e. The number of hydrogen-bond donors (Lipinski definition) is 1. The van der Waals surface area contributed by atoms with E-state index in [0.29, 0.717) is 6.04 Å². The van der Waals surface area contributed by atoms with Crippen LogP contribution < -0.4 is 10.1 Å². The molecule has 2 heteroatoms. The standard InChI is InChI=1S/C14H21NO/c1-3-8-15-13-5-4-9-16-14-10-11(2)6-7-12(13)14/h6-7,10,13,15H,3-5,8-9H2,1-2H3. The summed E-state index contributed by atoms with van der Waals surface area (Å²) in [4.78, 5) is 0. The van der Waals surface area contributed by atoms with Gasteiger partial charge in [-0.3, -0.25) is 0 Å². The van der Waals surface area contributed by atoms with Crippen LogP contribution in [0.15, 0.2) is 18.2 Å². The number of fused-ring (bicyclic) bond motifs is 1. The molecule has 2 rings (SSSR count). The zero-order valence-electron chi connectivity index (χ0n) is 10.3. The van der Waals surface area contributed by atoms with Crippen LogP contribution >= 0.6 is 0 Å². The van der Waals surface area contributed by atoms with Crippen molar-refractivity contribution in [2.75, 3.05) is 13.2 Å². The summed E-state index contributed by atoms with van der Waals surface area (Å²) in [5.41, 5.74) is 2.60. The Bertz CT molecular complexity index is 349. The third-order valence-electron chi connectivity index (χ3n) is 3.08. The highest BCUT2D eigenvalue weighted by Gasteiger charge is 2.18. The first kappa shape index (κ1) is 11.5. The van der Waals surface area contributed by atoms with Gasteiger partial charge in [-0.05, 0) is 44.4 Å². The molecule has 0 saturated carbocycles. The number of hydrogen-bond acceptors (Lipinski definition) is 2. The van der Waals surface area contributed by atoms with Gasteiger partial charge >= 0.3 is 0 Å². The molecule has 1 aromatic rings. The van der Waals surface area contributed by atoms with Crippen molar-refractivity contribution in [2.24, 2.45) is 0 Å². The lowest BCUT2D eigenvalue weighted by molar-refractivity contribution is 0.315. The fourth-order valence-electron chi connectivity index (χ4n) is 2.21. The molecule has 0 amide bonds. The minimum absolute atomic E-state index is 0.470. The summed E-state index contributed by atoms with van der Waals surface area (Å²) in [6.45, 7) is 6.25. The van der Waals surface area contributed by atoms with Gasteiger partial charge in [-0.15, -0.1) is 0 Å². The summed E-state index contributed by atoms with van der Waals surface area (Å²) in [7, 11) is 0. The molecular formula is C14H21NO. The summed E-state index contributed by atoms with van der Waals surface area (Å²) < 4.78 is 5.80. The molecule has 0 spiro atoms. The SMILES string of the molecule is CCCNC1CCCOc2cc(C)ccc21. The van der Waals surface area contributed by atoms with Gasteiger partial charge in [0.1, 0.15) is 5.75 Å². The van der Waals surface area contributed by atoms with Gasteiger partial charge in [-0.25, -0.2) is 0 Å². The Labute approximate surface area is 98.0 Å². The van der Waals surface area contributed by atoms with Gasteiger partial charge in [0.2, 0.25) is 0 Å². The van der Waals surface area contributed by atoms with Gasteiger partial charge in [-0.2, -0.15) is 0 Å². The van der Waals surface area contributed by atoms with Gasteiger partial charge in [0.15, 0.2) is 0 Å². The molecule has 1 aromatic carbocycles. The van der Waals surface area contributed by atoms with Crippen molar-refractivity contribution in [3.8, 4) is 5.75 Å². The third kappa shape index (κ3) is 2.56. The summed E-state index contributed by atoms with van der Waals surface area (Å²) in [6, 6.07) is 7.01. The molecule has 1 aliphatic heterocycles. The Morgan fingerprint density at radius 2 is 2.31 bits per heavy atom. The molecule has 0 radical (unpaired) electrons. The fraction of sp³-hybridized carbons (Fsp3) is 0.571. The lowest BCUT2D eigenvalue weighted by Crippen LogP contribution is -2.21. The number of benzene rings is 1. The van der Waals surface area contributed by atoms with Gasteiger partial charge in [0.25, 0.3) is 0 Å². The molecule has 0 aromatic heterocycles. The first-order chi connectivity index (χ1) is 7.81. The smallest absolute Gasteiger partial charge is 0.124 e. The van der Waals surface area contributed by atoms with Gasteiger partial charge in [0.05, 0.1) is 6.61 Å². The lowest BCUT2D eigenvalue weighted by Gasteiger charge is -2.18. The summed E-state index contributed by atoms with van der Waals surface area (Å²) in [5.74, 6) is 1.08. The van der Waals surface area contributed by atoms with Crippen LogP contribution in [0.2, 0.25) is 0 Å². The topological polar surface area (TPSA) is 21.3 Å². The van der Waals surface area contributed by atoms with Crippen LogP contribution in [-0.2, 0) is 0 Å². The van der Waals surface area contributed by atoms with Crippen molar-refractivity contribution in [2.45, 2.75) is 39.2 Å². The van der Waals surface area contributed by atoms with Crippen LogP contribution in [0.3, 0.4) is 0 Å². The third-order valence-corrected chi connectivity index (χ3v) is 3.08. The Kier molecular flexibility index (Phi) is 3.83. The highest BCUT2D eigenvalue weighted by atomic mass is 16.5. The van der Waals surface area contributed by atoms with Crippen molar-refractivity contribution in [1.82, 2.24) is 5.32 Å². The van der Waals surface area contributed by atoms with E-state index in [1.807, 2.05) is 0 Å². The Hall–Kier alpha value is -1.02. The van der Waals surface area contributed by atoms with E-state index in [1.165, 1.54) is 24.0 Å². The maximum Gasteiger partial charge on any atom is 0.124 e. The lowest BCUT2D eigenvalue weighted by atomic mass is 10.0. The number of rotatable bonds is 3. The molecule has 2 nitrogen and oxygen atoms in total. The van der Waals surface area contributed by atoms with Gasteiger partial charge in [0, 0.05) is 11.6 Å². The van der Waals surface area contributed by atoms with Crippen LogP contribution in [0.4, 0.5) is 0 Å². The van der Waals surface area contributed by atoms with Crippen LogP contribution in [-0.4, -0.2) is 13.2 Å². The summed E-state index contributed by atoms with van der Waals surface area (Å²) in [6.07, 6.45) is 3.49. The minimum atomic E-state index is 0.470. The monoisotopic (exact) mass is 219 g/mol. The average Bonchev–Trinajstić information content (AvgIpc) is 2.48. The van der Waals surface area contributed by atoms with Crippen molar-refractivity contribution < 1.29 is 4.74 Å². The molecule has 1 atom stereocenters. The zero-order valence-corrected chi connectivity index (χ0v) is 10.3. The first-order valence-electron chi connectivity index (χ1n) is 6.28. The molecule has 0 aliphatic carbocycles. The van der Waals surface area contributed by atoms with Gasteiger partial charge < -0.3 is 10.1 Å². The van der Waals surface area contributed by atoms with Crippen molar-refractivity contribution >= 4 is 0 Å². The molecule has 1 unspecified atom stereocenters. The number of aryl methyl sites for hydroxylation is 1. The van der Waals surface area contributed by atoms with Crippen LogP contribution in [0.25, 0.3) is 0 Å². The van der Waals surface area contributed by atoms with E-state index in [0.717, 1.165) is 25.3 Å². The molecule has 1 heterocycles.